The Hall–Kier alpha value is -2.17. The van der Waals surface area contributed by atoms with Gasteiger partial charge in [0.15, 0.2) is 0 Å². The first-order valence-electron chi connectivity index (χ1n) is 6.32. The van der Waals surface area contributed by atoms with E-state index in [0.717, 1.165) is 13.1 Å². The van der Waals surface area contributed by atoms with Crippen molar-refractivity contribution in [3.8, 4) is 6.07 Å². The average molecular weight is 276 g/mol. The third kappa shape index (κ3) is 3.44. The molecular formula is C13H16N4O3. The summed E-state index contributed by atoms with van der Waals surface area (Å²) in [6.45, 7) is 3.01. The maximum Gasteiger partial charge on any atom is 0.289 e. The maximum absolute atomic E-state index is 10.9. The lowest BCUT2D eigenvalue weighted by Crippen LogP contribution is -2.43. The van der Waals surface area contributed by atoms with E-state index in [9.17, 15) is 10.1 Å². The minimum Gasteiger partial charge on any atom is -0.382 e. The topological polar surface area (TPSA) is 91.4 Å². The molecule has 1 aliphatic heterocycles. The van der Waals surface area contributed by atoms with Crippen LogP contribution in [0.1, 0.15) is 5.56 Å². The van der Waals surface area contributed by atoms with Gasteiger partial charge >= 0.3 is 0 Å². The number of rotatable bonds is 4. The molecule has 0 spiro atoms. The molecule has 0 bridgehead atoms. The van der Waals surface area contributed by atoms with Gasteiger partial charge in [0.2, 0.25) is 0 Å². The number of ether oxygens (including phenoxy) is 1. The van der Waals surface area contributed by atoms with Gasteiger partial charge in [-0.25, -0.2) is 0 Å². The minimum atomic E-state index is -0.547. The number of hydrogen-bond donors (Lipinski definition) is 1. The fourth-order valence-electron chi connectivity index (χ4n) is 2.11. The molecule has 1 fully saturated rings. The highest BCUT2D eigenvalue weighted by atomic mass is 16.6. The zero-order valence-electron chi connectivity index (χ0n) is 11.2. The van der Waals surface area contributed by atoms with E-state index < -0.39 is 4.92 Å². The Morgan fingerprint density at radius 1 is 1.65 bits per heavy atom. The molecule has 20 heavy (non-hydrogen) atoms. The second-order valence-electron chi connectivity index (χ2n) is 4.74. The maximum atomic E-state index is 10.9. The molecule has 0 amide bonds. The van der Waals surface area contributed by atoms with Crippen LogP contribution in [-0.4, -0.2) is 49.2 Å². The van der Waals surface area contributed by atoms with Gasteiger partial charge < -0.3 is 15.0 Å². The predicted octanol–water partition coefficient (Wildman–Crippen LogP) is 1.21. The number of nitro benzene ring substituents is 1. The number of nitro groups is 1. The molecule has 0 aliphatic carbocycles. The van der Waals surface area contributed by atoms with Gasteiger partial charge in [0.1, 0.15) is 11.6 Å². The lowest BCUT2D eigenvalue weighted by molar-refractivity contribution is -0.385. The van der Waals surface area contributed by atoms with Gasteiger partial charge in [0, 0.05) is 31.4 Å². The van der Waals surface area contributed by atoms with Gasteiger partial charge in [-0.05, 0) is 19.2 Å². The SMILES string of the molecule is CN1CCOC(CNc2ccc(C#N)c([N+](=O)[O-])c2)C1. The van der Waals surface area contributed by atoms with Crippen LogP contribution in [0.4, 0.5) is 11.4 Å². The van der Waals surface area contributed by atoms with Crippen molar-refractivity contribution in [2.45, 2.75) is 6.10 Å². The molecule has 7 heteroatoms. The number of likely N-dealkylation sites (N-methyl/N-ethyl adjacent to an activating group) is 1. The molecule has 0 radical (unpaired) electrons. The molecule has 1 unspecified atom stereocenters. The van der Waals surface area contributed by atoms with E-state index >= 15 is 0 Å². The van der Waals surface area contributed by atoms with Crippen molar-refractivity contribution >= 4 is 11.4 Å². The first kappa shape index (κ1) is 14.2. The molecule has 0 aromatic heterocycles. The van der Waals surface area contributed by atoms with Gasteiger partial charge in [-0.2, -0.15) is 5.26 Å². The third-order valence-electron chi connectivity index (χ3n) is 3.19. The first-order chi connectivity index (χ1) is 9.60. The lowest BCUT2D eigenvalue weighted by Gasteiger charge is -2.30. The summed E-state index contributed by atoms with van der Waals surface area (Å²) >= 11 is 0. The molecule has 1 N–H and O–H groups in total. The normalized spacial score (nSPS) is 19.3. The highest BCUT2D eigenvalue weighted by molar-refractivity contribution is 5.59. The van der Waals surface area contributed by atoms with E-state index in [-0.39, 0.29) is 17.4 Å². The largest absolute Gasteiger partial charge is 0.382 e. The van der Waals surface area contributed by atoms with E-state index in [0.29, 0.717) is 18.8 Å². The highest BCUT2D eigenvalue weighted by Gasteiger charge is 2.18. The van der Waals surface area contributed by atoms with Crippen LogP contribution in [0, 0.1) is 21.4 Å². The van der Waals surface area contributed by atoms with Gasteiger partial charge in [0.25, 0.3) is 5.69 Å². The van der Waals surface area contributed by atoms with Crippen LogP contribution in [0.25, 0.3) is 0 Å². The van der Waals surface area contributed by atoms with Gasteiger partial charge in [-0.15, -0.1) is 0 Å². The zero-order chi connectivity index (χ0) is 14.5. The standard InChI is InChI=1S/C13H16N4O3/c1-16-4-5-20-12(9-16)8-15-11-3-2-10(7-14)13(6-11)17(18)19/h2-3,6,12,15H,4-5,8-9H2,1H3. The van der Waals surface area contributed by atoms with Crippen LogP contribution in [0.3, 0.4) is 0 Å². The molecule has 1 aromatic rings. The fourth-order valence-corrected chi connectivity index (χ4v) is 2.11. The zero-order valence-corrected chi connectivity index (χ0v) is 11.2. The average Bonchev–Trinajstić information content (AvgIpc) is 2.45. The van der Waals surface area contributed by atoms with Crippen molar-refractivity contribution in [2.75, 3.05) is 38.6 Å². The number of nitrogens with one attached hydrogen (secondary N) is 1. The Labute approximate surface area is 116 Å². The molecule has 7 nitrogen and oxygen atoms in total. The van der Waals surface area contributed by atoms with Gasteiger partial charge in [0.05, 0.1) is 17.6 Å². The van der Waals surface area contributed by atoms with Gasteiger partial charge in [-0.3, -0.25) is 10.1 Å². The Morgan fingerprint density at radius 3 is 3.10 bits per heavy atom. The number of hydrogen-bond acceptors (Lipinski definition) is 6. The Bertz CT molecular complexity index is 541. The number of anilines is 1. The van der Waals surface area contributed by atoms with Crippen LogP contribution >= 0.6 is 0 Å². The molecular weight excluding hydrogens is 260 g/mol. The van der Waals surface area contributed by atoms with Crippen molar-refractivity contribution in [1.29, 1.82) is 5.26 Å². The van der Waals surface area contributed by atoms with Crippen molar-refractivity contribution < 1.29 is 9.66 Å². The Balaban J connectivity index is 2.01. The van der Waals surface area contributed by atoms with Crippen molar-refractivity contribution in [1.82, 2.24) is 4.90 Å². The lowest BCUT2D eigenvalue weighted by atomic mass is 10.1. The highest BCUT2D eigenvalue weighted by Crippen LogP contribution is 2.22. The Kier molecular flexibility index (Phi) is 4.50. The van der Waals surface area contributed by atoms with Crippen LogP contribution in [0.5, 0.6) is 0 Å². The Morgan fingerprint density at radius 2 is 2.45 bits per heavy atom. The molecule has 106 valence electrons. The number of morpholine rings is 1. The summed E-state index contributed by atoms with van der Waals surface area (Å²) in [7, 11) is 2.03. The van der Waals surface area contributed by atoms with Crippen molar-refractivity contribution in [2.24, 2.45) is 0 Å². The summed E-state index contributed by atoms with van der Waals surface area (Å²) in [4.78, 5) is 12.5. The van der Waals surface area contributed by atoms with E-state index in [2.05, 4.69) is 10.2 Å². The predicted molar refractivity (Wildman–Crippen MR) is 73.5 cm³/mol. The minimum absolute atomic E-state index is 0.0587. The summed E-state index contributed by atoms with van der Waals surface area (Å²) in [6.07, 6.45) is 0.0587. The molecule has 1 aliphatic rings. The van der Waals surface area contributed by atoms with Gasteiger partial charge in [-0.1, -0.05) is 0 Å². The van der Waals surface area contributed by atoms with E-state index in [4.69, 9.17) is 10.00 Å². The van der Waals surface area contributed by atoms with Crippen LogP contribution in [0.15, 0.2) is 18.2 Å². The number of nitriles is 1. The third-order valence-corrected chi connectivity index (χ3v) is 3.19. The summed E-state index contributed by atoms with van der Waals surface area (Å²) < 4.78 is 5.60. The first-order valence-corrected chi connectivity index (χ1v) is 6.32. The van der Waals surface area contributed by atoms with Crippen LogP contribution in [-0.2, 0) is 4.74 Å². The van der Waals surface area contributed by atoms with Crippen LogP contribution in [0.2, 0.25) is 0 Å². The second kappa shape index (κ2) is 6.32. The van der Waals surface area contributed by atoms with Crippen molar-refractivity contribution in [3.63, 3.8) is 0 Å². The molecule has 1 aromatic carbocycles. The number of benzene rings is 1. The van der Waals surface area contributed by atoms with E-state index in [1.165, 1.54) is 12.1 Å². The monoisotopic (exact) mass is 276 g/mol. The van der Waals surface area contributed by atoms with E-state index in [1.54, 1.807) is 6.07 Å². The summed E-state index contributed by atoms with van der Waals surface area (Å²) in [6, 6.07) is 6.31. The molecule has 2 rings (SSSR count). The summed E-state index contributed by atoms with van der Waals surface area (Å²) in [5, 5.41) is 22.8. The number of nitrogens with zero attached hydrogens (tertiary/aromatic N) is 3. The van der Waals surface area contributed by atoms with Crippen LogP contribution < -0.4 is 5.32 Å². The van der Waals surface area contributed by atoms with E-state index in [1.807, 2.05) is 13.1 Å². The molecule has 1 heterocycles. The second-order valence-corrected chi connectivity index (χ2v) is 4.74. The quantitative estimate of drug-likeness (QED) is 0.656. The molecule has 1 saturated heterocycles. The van der Waals surface area contributed by atoms with Crippen molar-refractivity contribution in [3.05, 3.63) is 33.9 Å². The molecule has 1 atom stereocenters. The fraction of sp³-hybridized carbons (Fsp3) is 0.462. The summed E-state index contributed by atoms with van der Waals surface area (Å²) in [5.74, 6) is 0. The smallest absolute Gasteiger partial charge is 0.289 e. The molecule has 0 saturated carbocycles. The summed E-state index contributed by atoms with van der Waals surface area (Å²) in [5.41, 5.74) is 0.501.